The van der Waals surface area contributed by atoms with Gasteiger partial charge in [0.25, 0.3) is 0 Å². The fourth-order valence-corrected chi connectivity index (χ4v) is 11.9. The van der Waals surface area contributed by atoms with Gasteiger partial charge in [0.05, 0.1) is 22.8 Å². The number of hydrogen-bond donors (Lipinski definition) is 2. The summed E-state index contributed by atoms with van der Waals surface area (Å²) in [5, 5.41) is 0. The lowest BCUT2D eigenvalue weighted by Crippen LogP contribution is -2.01. The number of rotatable bonds is 16. The van der Waals surface area contributed by atoms with Gasteiger partial charge in [-0.15, -0.1) is 0 Å². The molecule has 2 aliphatic heterocycles. The number of H-pyrrole nitrogens is 2. The predicted molar refractivity (Wildman–Crippen MR) is 313 cm³/mol. The van der Waals surface area contributed by atoms with Crippen molar-refractivity contribution < 1.29 is 0 Å². The fourth-order valence-electron chi connectivity index (χ4n) is 11.9. The highest BCUT2D eigenvalue weighted by molar-refractivity contribution is 6.02. The van der Waals surface area contributed by atoms with E-state index in [-0.39, 0.29) is 0 Å². The normalized spacial score (nSPS) is 12.2. The summed E-state index contributed by atoms with van der Waals surface area (Å²) in [6.07, 6.45) is 20.6. The average molecular weight is 951 g/mol. The molecule has 0 spiro atoms. The maximum atomic E-state index is 5.88. The molecule has 0 amide bonds. The van der Waals surface area contributed by atoms with E-state index in [0.717, 1.165) is 144 Å². The molecule has 2 aliphatic rings. The van der Waals surface area contributed by atoms with Crippen LogP contribution in [0.15, 0.2) is 72.8 Å². The number of aromatic nitrogens is 4. The van der Waals surface area contributed by atoms with Crippen molar-refractivity contribution in [2.45, 2.75) is 160 Å². The van der Waals surface area contributed by atoms with Crippen molar-refractivity contribution in [2.24, 2.45) is 0 Å². The van der Waals surface area contributed by atoms with Crippen molar-refractivity contribution >= 4 is 46.4 Å². The number of benzene rings is 4. The number of nitrogens with one attached hydrogen (secondary N) is 2. The molecule has 0 aliphatic carbocycles. The van der Waals surface area contributed by atoms with Gasteiger partial charge in [-0.2, -0.15) is 0 Å². The third-order valence-electron chi connectivity index (χ3n) is 15.9. The summed E-state index contributed by atoms with van der Waals surface area (Å²) >= 11 is 0. The lowest BCUT2D eigenvalue weighted by atomic mass is 9.88. The molecule has 2 N–H and O–H groups in total. The maximum Gasteiger partial charge on any atom is 0.0737 e. The van der Waals surface area contributed by atoms with Crippen LogP contribution in [0, 0.1) is 0 Å². The first-order valence-corrected chi connectivity index (χ1v) is 27.9. The van der Waals surface area contributed by atoms with Crippen LogP contribution in [-0.2, 0) is 77.0 Å². The van der Waals surface area contributed by atoms with Gasteiger partial charge in [-0.05, 0) is 215 Å². The molecule has 4 aromatic carbocycles. The van der Waals surface area contributed by atoms with Crippen LogP contribution >= 0.6 is 0 Å². The van der Waals surface area contributed by atoms with Crippen molar-refractivity contribution in [3.05, 3.63) is 162 Å². The van der Waals surface area contributed by atoms with Crippen molar-refractivity contribution in [3.8, 4) is 44.5 Å². The Morgan fingerprint density at radius 2 is 0.431 bits per heavy atom. The molecule has 0 unspecified atom stereocenters. The van der Waals surface area contributed by atoms with Crippen LogP contribution in [0.4, 0.5) is 0 Å². The van der Waals surface area contributed by atoms with Gasteiger partial charge in [0.2, 0.25) is 0 Å². The van der Waals surface area contributed by atoms with Crippen molar-refractivity contribution in [3.63, 3.8) is 0 Å². The van der Waals surface area contributed by atoms with Crippen LogP contribution in [0.2, 0.25) is 0 Å². The van der Waals surface area contributed by atoms with E-state index < -0.39 is 0 Å². The van der Waals surface area contributed by atoms with Gasteiger partial charge < -0.3 is 9.97 Å². The Bertz CT molecular complexity index is 2890. The van der Waals surface area contributed by atoms with Gasteiger partial charge in [-0.1, -0.05) is 132 Å². The van der Waals surface area contributed by atoms with Crippen LogP contribution in [0.3, 0.4) is 0 Å². The number of aryl methyl sites for hydroxylation is 12. The minimum absolute atomic E-state index is 0.924. The first-order chi connectivity index (χ1) is 35.1. The quantitative estimate of drug-likeness (QED) is 0.101. The Hall–Kier alpha value is -6.52. The summed E-state index contributed by atoms with van der Waals surface area (Å²) in [6, 6.07) is 28.9. The number of aromatic amines is 2. The molecule has 8 bridgehead atoms. The highest BCUT2D eigenvalue weighted by Crippen LogP contribution is 2.44. The summed E-state index contributed by atoms with van der Waals surface area (Å²) < 4.78 is 0. The SMILES string of the molecule is CCc1cc(CC)c(-c2c3nc(c(-c4c(CC)cc(CC)cc4CC)c4ccc([nH]4)c(-c4c(CC)cc(CC)cc4CC)c4nc(c(-c5c(CC)cc(CC)cc5CC)c5ccc2[nH]5)C=C4)C=C3)c(CC)c1. The van der Waals surface area contributed by atoms with E-state index in [1.54, 1.807) is 0 Å². The third-order valence-corrected chi connectivity index (χ3v) is 15.9. The zero-order chi connectivity index (χ0) is 50.8. The van der Waals surface area contributed by atoms with Gasteiger partial charge in [-0.3, -0.25) is 0 Å². The summed E-state index contributed by atoms with van der Waals surface area (Å²) in [6.45, 7) is 27.6. The van der Waals surface area contributed by atoms with Gasteiger partial charge in [0.1, 0.15) is 0 Å². The van der Waals surface area contributed by atoms with Gasteiger partial charge in [-0.25, -0.2) is 9.97 Å². The molecular formula is C68H78N4. The topological polar surface area (TPSA) is 57.4 Å². The second-order valence-electron chi connectivity index (χ2n) is 19.9. The lowest BCUT2D eigenvalue weighted by molar-refractivity contribution is 1.04. The van der Waals surface area contributed by atoms with Crippen molar-refractivity contribution in [1.82, 2.24) is 19.9 Å². The van der Waals surface area contributed by atoms with Gasteiger partial charge >= 0.3 is 0 Å². The summed E-state index contributed by atoms with van der Waals surface area (Å²) in [5.74, 6) is 0. The molecule has 9 rings (SSSR count). The van der Waals surface area contributed by atoms with E-state index in [4.69, 9.17) is 9.97 Å². The zero-order valence-corrected chi connectivity index (χ0v) is 45.6. The van der Waals surface area contributed by atoms with E-state index in [1.165, 1.54) is 89.0 Å². The van der Waals surface area contributed by atoms with E-state index in [0.29, 0.717) is 0 Å². The molecule has 0 saturated carbocycles. The minimum Gasteiger partial charge on any atom is -0.354 e. The molecule has 0 saturated heterocycles. The fraction of sp³-hybridized carbons (Fsp3) is 0.353. The Balaban J connectivity index is 1.57. The first-order valence-electron chi connectivity index (χ1n) is 27.9. The van der Waals surface area contributed by atoms with Gasteiger partial charge in [0, 0.05) is 44.3 Å². The number of fused-ring (bicyclic) bond motifs is 8. The van der Waals surface area contributed by atoms with Crippen molar-refractivity contribution in [2.75, 3.05) is 0 Å². The highest BCUT2D eigenvalue weighted by atomic mass is 14.8. The molecule has 5 heterocycles. The molecule has 7 aromatic rings. The van der Waals surface area contributed by atoms with Crippen LogP contribution in [0.5, 0.6) is 0 Å². The van der Waals surface area contributed by atoms with Crippen LogP contribution in [0.1, 0.15) is 173 Å². The third kappa shape index (κ3) is 9.05. The largest absolute Gasteiger partial charge is 0.354 e. The molecule has 4 nitrogen and oxygen atoms in total. The summed E-state index contributed by atoms with van der Waals surface area (Å²) in [5.41, 5.74) is 34.5. The average Bonchev–Trinajstić information content (AvgIpc) is 4.29. The Morgan fingerprint density at radius 3 is 0.583 bits per heavy atom. The first kappa shape index (κ1) is 50.4. The second-order valence-corrected chi connectivity index (χ2v) is 19.9. The smallest absolute Gasteiger partial charge is 0.0737 e. The number of nitrogens with zero attached hydrogens (tertiary/aromatic N) is 2. The standard InChI is InChI=1S/C68H78N4/c1-13-41-33-45(17-5)61(46(18-6)34-41)65-53-25-27-55(69-53)66(62-47(19-7)35-42(14-2)36-48(62)20-8)57-29-31-59(71-57)68(64-51(23-11)39-44(16-4)40-52(64)24-12)60-32-30-58(72-60)67(56-28-26-54(65)70-56)63-49(21-9)37-43(15-3)38-50(63)22-10/h25-40,69,72H,13-24H2,1-12H3. The van der Waals surface area contributed by atoms with E-state index >= 15 is 0 Å². The number of hydrogen-bond acceptors (Lipinski definition) is 2. The molecule has 4 heteroatoms. The monoisotopic (exact) mass is 951 g/mol. The highest BCUT2D eigenvalue weighted by Gasteiger charge is 2.26. The van der Waals surface area contributed by atoms with E-state index in [2.05, 4.69) is 190 Å². The molecular weight excluding hydrogens is 873 g/mol. The maximum absolute atomic E-state index is 5.88. The Labute approximate surface area is 431 Å². The van der Waals surface area contributed by atoms with Crippen LogP contribution in [-0.4, -0.2) is 19.9 Å². The van der Waals surface area contributed by atoms with Crippen molar-refractivity contribution in [1.29, 1.82) is 0 Å². The molecule has 0 radical (unpaired) electrons. The molecule has 370 valence electrons. The molecule has 0 atom stereocenters. The molecule has 3 aromatic heterocycles. The lowest BCUT2D eigenvalue weighted by Gasteiger charge is -2.18. The summed E-state index contributed by atoms with van der Waals surface area (Å²) in [4.78, 5) is 20.1. The van der Waals surface area contributed by atoms with Crippen LogP contribution < -0.4 is 0 Å². The van der Waals surface area contributed by atoms with E-state index in [1.807, 2.05) is 0 Å². The Kier molecular flexibility index (Phi) is 15.2. The second kappa shape index (κ2) is 21.7. The van der Waals surface area contributed by atoms with Gasteiger partial charge in [0.15, 0.2) is 0 Å². The molecule has 72 heavy (non-hydrogen) atoms. The zero-order valence-electron chi connectivity index (χ0n) is 45.6. The Morgan fingerprint density at radius 1 is 0.250 bits per heavy atom. The van der Waals surface area contributed by atoms with E-state index in [9.17, 15) is 0 Å². The van der Waals surface area contributed by atoms with Crippen LogP contribution in [0.25, 0.3) is 90.9 Å². The predicted octanol–water partition coefficient (Wildman–Crippen LogP) is 18.1. The summed E-state index contributed by atoms with van der Waals surface area (Å²) in [7, 11) is 0. The molecule has 0 fully saturated rings. The minimum atomic E-state index is 0.924.